The van der Waals surface area contributed by atoms with Crippen LogP contribution in [0, 0.1) is 11.3 Å². The number of benzene rings is 1. The van der Waals surface area contributed by atoms with Crippen molar-refractivity contribution in [3.8, 4) is 17.2 Å². The summed E-state index contributed by atoms with van der Waals surface area (Å²) in [5, 5.41) is 0. The molecular formula is C26H34N2O6. The lowest BCUT2D eigenvalue weighted by Gasteiger charge is -2.41. The highest BCUT2D eigenvalue weighted by atomic mass is 16.5. The van der Waals surface area contributed by atoms with Crippen molar-refractivity contribution in [3.05, 3.63) is 29.0 Å². The highest BCUT2D eigenvalue weighted by Gasteiger charge is 2.47. The van der Waals surface area contributed by atoms with Crippen molar-refractivity contribution in [1.29, 1.82) is 0 Å². The Labute approximate surface area is 200 Å². The Morgan fingerprint density at radius 2 is 1.65 bits per heavy atom. The number of aliphatic imine (C=N–C) groups is 1. The van der Waals surface area contributed by atoms with Gasteiger partial charge in [0.05, 0.1) is 40.5 Å². The van der Waals surface area contributed by atoms with Crippen LogP contribution in [0.15, 0.2) is 28.4 Å². The lowest BCUT2D eigenvalue weighted by atomic mass is 9.66. The van der Waals surface area contributed by atoms with Crippen LogP contribution in [0.3, 0.4) is 0 Å². The van der Waals surface area contributed by atoms with Gasteiger partial charge in [-0.3, -0.25) is 14.6 Å². The van der Waals surface area contributed by atoms with E-state index < -0.39 is 11.8 Å². The second kappa shape index (κ2) is 9.41. The van der Waals surface area contributed by atoms with Gasteiger partial charge in [-0.05, 0) is 24.8 Å². The highest BCUT2D eigenvalue weighted by Crippen LogP contribution is 2.51. The van der Waals surface area contributed by atoms with Crippen LogP contribution in [0.4, 0.5) is 0 Å². The Morgan fingerprint density at radius 1 is 1.03 bits per heavy atom. The quantitative estimate of drug-likeness (QED) is 0.656. The number of amides is 1. The van der Waals surface area contributed by atoms with E-state index in [2.05, 4.69) is 13.8 Å². The SMILES string of the molecule is COc1cc(OC)c([C@H]2C3=C(CC(C)(C)CC3=O)N=C(C)C2C(=O)N2CCOCC2)cc1OC. The summed E-state index contributed by atoms with van der Waals surface area (Å²) in [5.41, 5.74) is 2.63. The summed E-state index contributed by atoms with van der Waals surface area (Å²) >= 11 is 0. The van der Waals surface area contributed by atoms with Crippen molar-refractivity contribution >= 4 is 17.4 Å². The fourth-order valence-electron chi connectivity index (χ4n) is 5.38. The molecule has 1 aromatic carbocycles. The molecule has 2 heterocycles. The second-order valence-corrected chi connectivity index (χ2v) is 9.90. The smallest absolute Gasteiger partial charge is 0.232 e. The largest absolute Gasteiger partial charge is 0.496 e. The first-order valence-electron chi connectivity index (χ1n) is 11.7. The number of ether oxygens (including phenoxy) is 4. The molecule has 8 heteroatoms. The zero-order valence-electron chi connectivity index (χ0n) is 20.9. The third-order valence-electron chi connectivity index (χ3n) is 6.96. The van der Waals surface area contributed by atoms with Gasteiger partial charge in [0.15, 0.2) is 17.3 Å². The number of carbonyl (C=O) groups excluding carboxylic acids is 2. The van der Waals surface area contributed by atoms with Crippen LogP contribution in [0.2, 0.25) is 0 Å². The number of allylic oxidation sites excluding steroid dienone is 2. The number of hydrogen-bond acceptors (Lipinski definition) is 7. The van der Waals surface area contributed by atoms with Gasteiger partial charge in [0, 0.05) is 54.0 Å². The topological polar surface area (TPSA) is 86.7 Å². The molecule has 3 aliphatic rings. The molecule has 1 aliphatic carbocycles. The molecule has 0 aromatic heterocycles. The van der Waals surface area contributed by atoms with Crippen LogP contribution >= 0.6 is 0 Å². The van der Waals surface area contributed by atoms with Crippen molar-refractivity contribution < 1.29 is 28.5 Å². The van der Waals surface area contributed by atoms with Gasteiger partial charge >= 0.3 is 0 Å². The molecule has 1 saturated heterocycles. The van der Waals surface area contributed by atoms with Gasteiger partial charge in [0.25, 0.3) is 0 Å². The number of ketones is 1. The summed E-state index contributed by atoms with van der Waals surface area (Å²) in [5.74, 6) is 0.420. The maximum atomic E-state index is 13.9. The minimum atomic E-state index is -0.617. The lowest BCUT2D eigenvalue weighted by Crippen LogP contribution is -2.49. The molecule has 4 rings (SSSR count). The summed E-state index contributed by atoms with van der Waals surface area (Å²) in [6.07, 6.45) is 1.08. The summed E-state index contributed by atoms with van der Waals surface area (Å²) < 4.78 is 22.3. The molecule has 34 heavy (non-hydrogen) atoms. The maximum Gasteiger partial charge on any atom is 0.232 e. The van der Waals surface area contributed by atoms with Crippen molar-refractivity contribution in [1.82, 2.24) is 4.90 Å². The van der Waals surface area contributed by atoms with Gasteiger partial charge in [-0.2, -0.15) is 0 Å². The van der Waals surface area contributed by atoms with Crippen molar-refractivity contribution in [2.24, 2.45) is 16.3 Å². The van der Waals surface area contributed by atoms with Gasteiger partial charge in [0.1, 0.15) is 5.75 Å². The van der Waals surface area contributed by atoms with E-state index in [9.17, 15) is 9.59 Å². The molecule has 1 amide bonds. The molecule has 1 fully saturated rings. The monoisotopic (exact) mass is 470 g/mol. The van der Waals surface area contributed by atoms with E-state index in [4.69, 9.17) is 23.9 Å². The van der Waals surface area contributed by atoms with E-state index in [1.807, 2.05) is 17.9 Å². The Balaban J connectivity index is 1.92. The number of morpholine rings is 1. The number of Topliss-reactive ketones (excluding diaryl/α,β-unsaturated/α-hetero) is 1. The predicted octanol–water partition coefficient (Wildman–Crippen LogP) is 3.39. The molecule has 2 atom stereocenters. The molecule has 0 saturated carbocycles. The highest BCUT2D eigenvalue weighted by molar-refractivity contribution is 6.10. The van der Waals surface area contributed by atoms with Crippen LogP contribution in [0.5, 0.6) is 17.2 Å². The van der Waals surface area contributed by atoms with Crippen molar-refractivity contribution in [3.63, 3.8) is 0 Å². The molecular weight excluding hydrogens is 436 g/mol. The van der Waals surface area contributed by atoms with Crippen LogP contribution < -0.4 is 14.2 Å². The Morgan fingerprint density at radius 3 is 2.26 bits per heavy atom. The number of nitrogens with zero attached hydrogens (tertiary/aromatic N) is 2. The van der Waals surface area contributed by atoms with Gasteiger partial charge in [-0.15, -0.1) is 0 Å². The molecule has 0 N–H and O–H groups in total. The summed E-state index contributed by atoms with van der Waals surface area (Å²) in [6, 6.07) is 3.58. The van der Waals surface area contributed by atoms with Gasteiger partial charge in [-0.1, -0.05) is 13.8 Å². The molecule has 0 spiro atoms. The molecule has 0 radical (unpaired) electrons. The minimum absolute atomic E-state index is 0.0316. The molecule has 0 bridgehead atoms. The van der Waals surface area contributed by atoms with Crippen LogP contribution in [-0.4, -0.2) is 69.9 Å². The van der Waals surface area contributed by atoms with Gasteiger partial charge in [0.2, 0.25) is 5.91 Å². The normalized spacial score (nSPS) is 24.4. The third-order valence-corrected chi connectivity index (χ3v) is 6.96. The number of hydrogen-bond donors (Lipinski definition) is 0. The van der Waals surface area contributed by atoms with Gasteiger partial charge < -0.3 is 23.8 Å². The minimum Gasteiger partial charge on any atom is -0.496 e. The van der Waals surface area contributed by atoms with Gasteiger partial charge in [-0.25, -0.2) is 0 Å². The van der Waals surface area contributed by atoms with Crippen LogP contribution in [-0.2, 0) is 14.3 Å². The van der Waals surface area contributed by atoms with E-state index in [1.165, 1.54) is 0 Å². The number of carbonyl (C=O) groups is 2. The Kier molecular flexibility index (Phi) is 6.71. The fourth-order valence-corrected chi connectivity index (χ4v) is 5.38. The Hall–Kier alpha value is -2.87. The zero-order valence-corrected chi connectivity index (χ0v) is 20.9. The summed E-state index contributed by atoms with van der Waals surface area (Å²) in [6.45, 7) is 8.09. The van der Waals surface area contributed by atoms with Crippen LogP contribution in [0.25, 0.3) is 0 Å². The van der Waals surface area contributed by atoms with E-state index in [-0.39, 0.29) is 17.1 Å². The average molecular weight is 471 g/mol. The predicted molar refractivity (Wildman–Crippen MR) is 128 cm³/mol. The molecule has 1 unspecified atom stereocenters. The van der Waals surface area contributed by atoms with Crippen LogP contribution in [0.1, 0.15) is 45.1 Å². The Bertz CT molecular complexity index is 1050. The van der Waals surface area contributed by atoms with E-state index in [0.29, 0.717) is 67.7 Å². The van der Waals surface area contributed by atoms with E-state index in [1.54, 1.807) is 27.4 Å². The first-order valence-corrected chi connectivity index (χ1v) is 11.7. The van der Waals surface area contributed by atoms with E-state index in [0.717, 1.165) is 11.3 Å². The summed E-state index contributed by atoms with van der Waals surface area (Å²) in [7, 11) is 4.71. The molecule has 184 valence electrons. The first-order chi connectivity index (χ1) is 16.2. The first kappa shape index (κ1) is 24.3. The molecule has 1 aromatic rings. The standard InChI is InChI=1S/C26H34N2O6/c1-15-22(25(30)28-7-9-34-10-8-28)23(24-17(27-15)13-26(2,3)14-18(24)29)16-11-20(32-5)21(33-6)12-19(16)31-4/h11-12,22-23H,7-10,13-14H2,1-6H3/t22?,23-/m1/s1. The lowest BCUT2D eigenvalue weighted by molar-refractivity contribution is -0.138. The third kappa shape index (κ3) is 4.31. The summed E-state index contributed by atoms with van der Waals surface area (Å²) in [4.78, 5) is 34.2. The maximum absolute atomic E-state index is 13.9. The fraction of sp³-hybridized carbons (Fsp3) is 0.577. The second-order valence-electron chi connectivity index (χ2n) is 9.90. The number of rotatable bonds is 5. The van der Waals surface area contributed by atoms with Crippen molar-refractivity contribution in [2.45, 2.75) is 39.5 Å². The molecule has 2 aliphatic heterocycles. The van der Waals surface area contributed by atoms with E-state index >= 15 is 0 Å². The average Bonchev–Trinajstić information content (AvgIpc) is 2.81. The zero-order chi connectivity index (χ0) is 24.6. The molecule has 8 nitrogen and oxygen atoms in total. The van der Waals surface area contributed by atoms with Crippen molar-refractivity contribution in [2.75, 3.05) is 47.6 Å². The number of methoxy groups -OCH3 is 3.